The number of rotatable bonds is 5. The molecule has 2 fully saturated rings. The molecule has 0 spiro atoms. The highest BCUT2D eigenvalue weighted by atomic mass is 15.1. The molecule has 0 amide bonds. The fourth-order valence-corrected chi connectivity index (χ4v) is 2.22. The third-order valence-corrected chi connectivity index (χ3v) is 3.68. The van der Waals surface area contributed by atoms with Crippen LogP contribution in [0.3, 0.4) is 0 Å². The van der Waals surface area contributed by atoms with E-state index >= 15 is 0 Å². The Bertz CT molecular complexity index is 340. The molecule has 2 unspecified atom stereocenters. The maximum atomic E-state index is 4.23. The Morgan fingerprint density at radius 2 is 2.33 bits per heavy atom. The van der Waals surface area contributed by atoms with Crippen LogP contribution in [0.5, 0.6) is 0 Å². The Morgan fingerprint density at radius 1 is 1.53 bits per heavy atom. The smallest absolute Gasteiger partial charge is 0.0951 e. The standard InChI is InChI=1S/C12H19N3/c1-9-4-10(9)5-13-6-12-7-14-8-15(12)11-2-3-11/h7-11,13H,2-6H2,1H3. The molecule has 3 nitrogen and oxygen atoms in total. The van der Waals surface area contributed by atoms with Gasteiger partial charge in [0.2, 0.25) is 0 Å². The van der Waals surface area contributed by atoms with E-state index in [0.717, 1.165) is 24.4 Å². The van der Waals surface area contributed by atoms with Crippen molar-refractivity contribution in [2.45, 2.75) is 38.8 Å². The van der Waals surface area contributed by atoms with Crippen molar-refractivity contribution in [1.29, 1.82) is 0 Å². The minimum atomic E-state index is 0.754. The van der Waals surface area contributed by atoms with E-state index in [0.29, 0.717) is 0 Å². The van der Waals surface area contributed by atoms with Crippen molar-refractivity contribution in [3.8, 4) is 0 Å². The van der Waals surface area contributed by atoms with Gasteiger partial charge in [0.05, 0.1) is 12.0 Å². The summed E-state index contributed by atoms with van der Waals surface area (Å²) in [6.07, 6.45) is 8.07. The first-order valence-corrected chi connectivity index (χ1v) is 6.06. The lowest BCUT2D eigenvalue weighted by atomic mass is 10.3. The quantitative estimate of drug-likeness (QED) is 0.796. The summed E-state index contributed by atoms with van der Waals surface area (Å²) in [5, 5.41) is 3.54. The molecule has 0 aromatic carbocycles. The van der Waals surface area contributed by atoms with Gasteiger partial charge in [-0.25, -0.2) is 4.98 Å². The Labute approximate surface area is 90.9 Å². The van der Waals surface area contributed by atoms with Crippen LogP contribution >= 0.6 is 0 Å². The van der Waals surface area contributed by atoms with Gasteiger partial charge in [-0.2, -0.15) is 0 Å². The van der Waals surface area contributed by atoms with E-state index in [1.807, 2.05) is 12.5 Å². The molecule has 0 aliphatic heterocycles. The summed E-state index contributed by atoms with van der Waals surface area (Å²) >= 11 is 0. The van der Waals surface area contributed by atoms with Gasteiger partial charge < -0.3 is 9.88 Å². The first-order chi connectivity index (χ1) is 7.34. The molecule has 2 atom stereocenters. The summed E-state index contributed by atoms with van der Waals surface area (Å²) in [7, 11) is 0. The molecule has 0 bridgehead atoms. The Hall–Kier alpha value is -0.830. The van der Waals surface area contributed by atoms with E-state index in [2.05, 4.69) is 21.8 Å². The van der Waals surface area contributed by atoms with Gasteiger partial charge in [-0.05, 0) is 37.6 Å². The van der Waals surface area contributed by atoms with Crippen molar-refractivity contribution in [3.63, 3.8) is 0 Å². The fourth-order valence-electron chi connectivity index (χ4n) is 2.22. The monoisotopic (exact) mass is 205 g/mol. The summed E-state index contributed by atoms with van der Waals surface area (Å²) in [6, 6.07) is 0.754. The second-order valence-corrected chi connectivity index (χ2v) is 5.13. The number of nitrogens with zero attached hydrogens (tertiary/aromatic N) is 2. The van der Waals surface area contributed by atoms with Crippen molar-refractivity contribution in [1.82, 2.24) is 14.9 Å². The average Bonchev–Trinajstić information content (AvgIpc) is 3.12. The zero-order valence-electron chi connectivity index (χ0n) is 9.32. The van der Waals surface area contributed by atoms with Crippen LogP contribution in [0.15, 0.2) is 12.5 Å². The lowest BCUT2D eigenvalue weighted by Crippen LogP contribution is -2.18. The first kappa shape index (κ1) is 9.40. The summed E-state index contributed by atoms with van der Waals surface area (Å²) in [5.74, 6) is 1.88. The molecular formula is C12H19N3. The minimum Gasteiger partial charge on any atom is -0.330 e. The molecule has 1 aromatic rings. The lowest BCUT2D eigenvalue weighted by Gasteiger charge is -2.07. The van der Waals surface area contributed by atoms with Gasteiger partial charge in [0.1, 0.15) is 0 Å². The number of imidazole rings is 1. The van der Waals surface area contributed by atoms with Crippen LogP contribution in [-0.2, 0) is 6.54 Å². The third-order valence-electron chi connectivity index (χ3n) is 3.68. The number of hydrogen-bond donors (Lipinski definition) is 1. The molecule has 2 aliphatic carbocycles. The molecular weight excluding hydrogens is 186 g/mol. The van der Waals surface area contributed by atoms with Crippen LogP contribution in [0, 0.1) is 11.8 Å². The number of hydrogen-bond acceptors (Lipinski definition) is 2. The number of nitrogens with one attached hydrogen (secondary N) is 1. The van der Waals surface area contributed by atoms with E-state index in [1.54, 1.807) is 0 Å². The van der Waals surface area contributed by atoms with Gasteiger partial charge in [0, 0.05) is 18.8 Å². The van der Waals surface area contributed by atoms with Gasteiger partial charge in [-0.15, -0.1) is 0 Å². The molecule has 15 heavy (non-hydrogen) atoms. The van der Waals surface area contributed by atoms with E-state index in [-0.39, 0.29) is 0 Å². The molecule has 1 aromatic heterocycles. The highest BCUT2D eigenvalue weighted by Gasteiger charge is 2.31. The highest BCUT2D eigenvalue weighted by molar-refractivity contribution is 5.03. The van der Waals surface area contributed by atoms with Gasteiger partial charge in [-0.3, -0.25) is 0 Å². The van der Waals surface area contributed by atoms with Crippen molar-refractivity contribution in [3.05, 3.63) is 18.2 Å². The van der Waals surface area contributed by atoms with Gasteiger partial charge in [-0.1, -0.05) is 6.92 Å². The molecule has 3 heteroatoms. The maximum Gasteiger partial charge on any atom is 0.0951 e. The molecule has 2 aliphatic rings. The fraction of sp³-hybridized carbons (Fsp3) is 0.750. The zero-order chi connectivity index (χ0) is 10.3. The summed E-state index contributed by atoms with van der Waals surface area (Å²) in [6.45, 7) is 4.50. The van der Waals surface area contributed by atoms with Crippen molar-refractivity contribution in [2.75, 3.05) is 6.54 Å². The van der Waals surface area contributed by atoms with Gasteiger partial charge in [0.15, 0.2) is 0 Å². The summed E-state index contributed by atoms with van der Waals surface area (Å²) in [5.41, 5.74) is 1.35. The zero-order valence-corrected chi connectivity index (χ0v) is 9.32. The van der Waals surface area contributed by atoms with Crippen LogP contribution in [0.2, 0.25) is 0 Å². The first-order valence-electron chi connectivity index (χ1n) is 6.06. The lowest BCUT2D eigenvalue weighted by molar-refractivity contribution is 0.580. The topological polar surface area (TPSA) is 29.9 Å². The number of aromatic nitrogens is 2. The normalized spacial score (nSPS) is 29.4. The molecule has 82 valence electrons. The van der Waals surface area contributed by atoms with Gasteiger partial charge in [0.25, 0.3) is 0 Å². The van der Waals surface area contributed by atoms with E-state index in [1.165, 1.54) is 31.5 Å². The second kappa shape index (κ2) is 3.63. The van der Waals surface area contributed by atoms with E-state index < -0.39 is 0 Å². The van der Waals surface area contributed by atoms with Crippen molar-refractivity contribution < 1.29 is 0 Å². The van der Waals surface area contributed by atoms with Crippen LogP contribution in [-0.4, -0.2) is 16.1 Å². The highest BCUT2D eigenvalue weighted by Crippen LogP contribution is 2.37. The molecule has 3 rings (SSSR count). The SMILES string of the molecule is CC1CC1CNCc1cncn1C1CC1. The van der Waals surface area contributed by atoms with Crippen LogP contribution < -0.4 is 5.32 Å². The minimum absolute atomic E-state index is 0.754. The Balaban J connectivity index is 1.50. The summed E-state index contributed by atoms with van der Waals surface area (Å²) in [4.78, 5) is 4.23. The molecule has 1 N–H and O–H groups in total. The van der Waals surface area contributed by atoms with Crippen LogP contribution in [0.25, 0.3) is 0 Å². The maximum absolute atomic E-state index is 4.23. The van der Waals surface area contributed by atoms with Crippen LogP contribution in [0.4, 0.5) is 0 Å². The van der Waals surface area contributed by atoms with E-state index in [9.17, 15) is 0 Å². The summed E-state index contributed by atoms with van der Waals surface area (Å²) < 4.78 is 2.34. The average molecular weight is 205 g/mol. The second-order valence-electron chi connectivity index (χ2n) is 5.13. The van der Waals surface area contributed by atoms with Gasteiger partial charge >= 0.3 is 0 Å². The molecule has 0 radical (unpaired) electrons. The largest absolute Gasteiger partial charge is 0.330 e. The third kappa shape index (κ3) is 2.07. The van der Waals surface area contributed by atoms with Crippen LogP contribution in [0.1, 0.15) is 37.9 Å². The molecule has 2 saturated carbocycles. The van der Waals surface area contributed by atoms with Crippen molar-refractivity contribution >= 4 is 0 Å². The molecule has 0 saturated heterocycles. The van der Waals surface area contributed by atoms with Crippen molar-refractivity contribution in [2.24, 2.45) is 11.8 Å². The van der Waals surface area contributed by atoms with E-state index in [4.69, 9.17) is 0 Å². The molecule has 1 heterocycles. The predicted molar refractivity (Wildman–Crippen MR) is 59.5 cm³/mol. The Kier molecular flexibility index (Phi) is 2.28. The predicted octanol–water partition coefficient (Wildman–Crippen LogP) is 1.96. The Morgan fingerprint density at radius 3 is 3.00 bits per heavy atom.